The van der Waals surface area contributed by atoms with Crippen LogP contribution in [0.15, 0.2) is 18.5 Å². The quantitative estimate of drug-likeness (QED) is 0.722. The van der Waals surface area contributed by atoms with Crippen molar-refractivity contribution in [3.05, 3.63) is 38.9 Å². The number of hydrogen-bond acceptors (Lipinski definition) is 4. The molecule has 0 fully saturated rings. The van der Waals surface area contributed by atoms with Gasteiger partial charge in [0, 0.05) is 42.2 Å². The molecular formula is C17H15Cl2N3O2S. The molecule has 3 aromatic rings. The van der Waals surface area contributed by atoms with Gasteiger partial charge in [0.05, 0.1) is 20.9 Å². The van der Waals surface area contributed by atoms with E-state index in [2.05, 4.69) is 5.10 Å². The minimum atomic E-state index is -0.473. The zero-order valence-electron chi connectivity index (χ0n) is 13.4. The highest BCUT2D eigenvalue weighted by molar-refractivity contribution is 7.20. The predicted molar refractivity (Wildman–Crippen MR) is 100 cm³/mol. The van der Waals surface area contributed by atoms with Gasteiger partial charge in [0.1, 0.15) is 6.61 Å². The van der Waals surface area contributed by atoms with Gasteiger partial charge in [-0.2, -0.15) is 5.10 Å². The summed E-state index contributed by atoms with van der Waals surface area (Å²) in [6.07, 6.45) is 4.48. The van der Waals surface area contributed by atoms with Gasteiger partial charge in [-0.3, -0.25) is 9.48 Å². The van der Waals surface area contributed by atoms with Crippen molar-refractivity contribution in [3.63, 3.8) is 0 Å². The molecule has 0 unspecified atom stereocenters. The summed E-state index contributed by atoms with van der Waals surface area (Å²) in [5, 5.41) is 15.5. The third-order valence-electron chi connectivity index (χ3n) is 4.50. The Hall–Kier alpha value is -1.60. The van der Waals surface area contributed by atoms with Crippen LogP contribution in [0.3, 0.4) is 0 Å². The highest BCUT2D eigenvalue weighted by atomic mass is 35.5. The number of aliphatic hydroxyl groups is 1. The van der Waals surface area contributed by atoms with Crippen LogP contribution in [0.5, 0.6) is 0 Å². The number of carbonyl (C=O) groups is 1. The molecule has 0 spiro atoms. The maximum Gasteiger partial charge on any atom is 0.248 e. The first-order valence-electron chi connectivity index (χ1n) is 7.79. The van der Waals surface area contributed by atoms with Gasteiger partial charge in [-0.15, -0.1) is 11.3 Å². The van der Waals surface area contributed by atoms with Crippen LogP contribution in [0, 0.1) is 0 Å². The molecule has 1 amide bonds. The number of halogens is 2. The second-order valence-corrected chi connectivity index (χ2v) is 7.94. The fourth-order valence-corrected chi connectivity index (χ4v) is 5.09. The van der Waals surface area contributed by atoms with Crippen molar-refractivity contribution in [1.29, 1.82) is 0 Å². The number of nitrogens with zero attached hydrogens (tertiary/aromatic N) is 3. The van der Waals surface area contributed by atoms with Gasteiger partial charge in [0.25, 0.3) is 0 Å². The first-order chi connectivity index (χ1) is 12.0. The number of aromatic nitrogens is 2. The third-order valence-corrected chi connectivity index (χ3v) is 6.71. The Balaban J connectivity index is 1.96. The Labute approximate surface area is 158 Å². The average molecular weight is 396 g/mol. The van der Waals surface area contributed by atoms with Gasteiger partial charge in [0.15, 0.2) is 0 Å². The minimum Gasteiger partial charge on any atom is -0.387 e. The highest BCUT2D eigenvalue weighted by Gasteiger charge is 2.27. The van der Waals surface area contributed by atoms with E-state index in [9.17, 15) is 9.90 Å². The number of carbonyl (C=O) groups excluding carboxylic acids is 1. The summed E-state index contributed by atoms with van der Waals surface area (Å²) in [7, 11) is 1.86. The summed E-state index contributed by atoms with van der Waals surface area (Å²) in [6.45, 7) is 0.603. The van der Waals surface area contributed by atoms with Gasteiger partial charge in [-0.25, -0.2) is 0 Å². The number of hydrogen-bond donors (Lipinski definition) is 1. The molecule has 1 N–H and O–H groups in total. The third kappa shape index (κ3) is 2.73. The highest BCUT2D eigenvalue weighted by Crippen LogP contribution is 2.46. The van der Waals surface area contributed by atoms with Crippen molar-refractivity contribution in [2.45, 2.75) is 13.0 Å². The van der Waals surface area contributed by atoms with E-state index < -0.39 is 6.61 Å². The van der Waals surface area contributed by atoms with Crippen LogP contribution < -0.4 is 0 Å². The van der Waals surface area contributed by atoms with Crippen molar-refractivity contribution in [3.8, 4) is 11.1 Å². The Morgan fingerprint density at radius 2 is 2.24 bits per heavy atom. The number of benzene rings is 1. The number of fused-ring (bicyclic) bond motifs is 3. The largest absolute Gasteiger partial charge is 0.387 e. The molecule has 0 atom stereocenters. The lowest BCUT2D eigenvalue weighted by atomic mass is 9.98. The van der Waals surface area contributed by atoms with E-state index in [1.165, 1.54) is 4.88 Å². The second-order valence-electron chi connectivity index (χ2n) is 6.05. The minimum absolute atomic E-state index is 0.256. The lowest BCUT2D eigenvalue weighted by Crippen LogP contribution is -2.37. The van der Waals surface area contributed by atoms with E-state index in [4.69, 9.17) is 23.2 Å². The van der Waals surface area contributed by atoms with Crippen molar-refractivity contribution in [2.75, 3.05) is 13.2 Å². The zero-order valence-corrected chi connectivity index (χ0v) is 15.8. The fraction of sp³-hybridized carbons (Fsp3) is 0.294. The first-order valence-corrected chi connectivity index (χ1v) is 9.36. The number of amides is 1. The lowest BCUT2D eigenvalue weighted by Gasteiger charge is -2.26. The van der Waals surface area contributed by atoms with Crippen LogP contribution in [0.1, 0.15) is 10.4 Å². The van der Waals surface area contributed by atoms with Gasteiger partial charge in [-0.05, 0) is 23.6 Å². The predicted octanol–water partition coefficient (Wildman–Crippen LogP) is 3.49. The molecule has 0 radical (unpaired) electrons. The molecule has 0 saturated carbocycles. The fourth-order valence-electron chi connectivity index (χ4n) is 3.30. The van der Waals surface area contributed by atoms with Crippen molar-refractivity contribution >= 4 is 50.5 Å². The molecular weight excluding hydrogens is 381 g/mol. The van der Waals surface area contributed by atoms with Crippen LogP contribution in [-0.4, -0.2) is 38.8 Å². The number of aryl methyl sites for hydroxylation is 1. The summed E-state index contributed by atoms with van der Waals surface area (Å²) in [6, 6.07) is 1.86. The topological polar surface area (TPSA) is 58.4 Å². The summed E-state index contributed by atoms with van der Waals surface area (Å²) < 4.78 is 2.68. The van der Waals surface area contributed by atoms with Gasteiger partial charge < -0.3 is 10.0 Å². The number of aliphatic hydroxyl groups excluding tert-OH is 1. The Kier molecular flexibility index (Phi) is 4.24. The lowest BCUT2D eigenvalue weighted by molar-refractivity contribution is -0.135. The van der Waals surface area contributed by atoms with E-state index >= 15 is 0 Å². The molecule has 2 aromatic heterocycles. The summed E-state index contributed by atoms with van der Waals surface area (Å²) in [4.78, 5) is 14.8. The van der Waals surface area contributed by atoms with Crippen LogP contribution in [-0.2, 0) is 24.8 Å². The molecule has 8 heteroatoms. The van der Waals surface area contributed by atoms with E-state index in [0.29, 0.717) is 23.1 Å². The molecule has 0 bridgehead atoms. The maximum absolute atomic E-state index is 11.9. The maximum atomic E-state index is 11.9. The first kappa shape index (κ1) is 16.8. The average Bonchev–Trinajstić information content (AvgIpc) is 3.20. The summed E-state index contributed by atoms with van der Waals surface area (Å²) >= 11 is 14.5. The van der Waals surface area contributed by atoms with Crippen molar-refractivity contribution in [2.24, 2.45) is 7.05 Å². The van der Waals surface area contributed by atoms with Crippen LogP contribution in [0.25, 0.3) is 21.2 Å². The smallest absolute Gasteiger partial charge is 0.248 e. The van der Waals surface area contributed by atoms with E-state index in [-0.39, 0.29) is 5.91 Å². The molecule has 4 rings (SSSR count). The molecule has 1 aliphatic rings. The van der Waals surface area contributed by atoms with Gasteiger partial charge in [-0.1, -0.05) is 23.2 Å². The van der Waals surface area contributed by atoms with E-state index in [1.807, 2.05) is 19.3 Å². The monoisotopic (exact) mass is 395 g/mol. The Morgan fingerprint density at radius 1 is 1.44 bits per heavy atom. The molecule has 130 valence electrons. The second kappa shape index (κ2) is 6.29. The standard InChI is InChI=1S/C17H15Cl2N3O2S/c1-21-6-9(5-20-21)10-4-12(18)16(19)17-15(10)11-7-22(14(24)8-23)3-2-13(11)25-17/h4-6,23H,2-3,7-8H2,1H3. The van der Waals surface area contributed by atoms with Gasteiger partial charge >= 0.3 is 0 Å². The summed E-state index contributed by atoms with van der Waals surface area (Å²) in [5.41, 5.74) is 3.01. The Bertz CT molecular complexity index is 996. The SMILES string of the molecule is Cn1cc(-c2cc(Cl)c(Cl)c3sc4c(c23)CN(C(=O)CO)CC4)cn1. The zero-order chi connectivity index (χ0) is 17.7. The molecule has 25 heavy (non-hydrogen) atoms. The van der Waals surface area contributed by atoms with Gasteiger partial charge in [0.2, 0.25) is 5.91 Å². The number of rotatable bonds is 2. The Morgan fingerprint density at radius 3 is 2.92 bits per heavy atom. The molecule has 0 aliphatic carbocycles. The van der Waals surface area contributed by atoms with Crippen LogP contribution in [0.4, 0.5) is 0 Å². The molecule has 1 aromatic carbocycles. The van der Waals surface area contributed by atoms with Crippen molar-refractivity contribution < 1.29 is 9.90 Å². The van der Waals surface area contributed by atoms with Crippen LogP contribution in [0.2, 0.25) is 10.0 Å². The van der Waals surface area contributed by atoms with E-state index in [0.717, 1.165) is 33.2 Å². The normalized spacial score (nSPS) is 14.2. The molecule has 1 aliphatic heterocycles. The molecule has 3 heterocycles. The van der Waals surface area contributed by atoms with Crippen molar-refractivity contribution in [1.82, 2.24) is 14.7 Å². The molecule has 0 saturated heterocycles. The van der Waals surface area contributed by atoms with E-state index in [1.54, 1.807) is 27.1 Å². The summed E-state index contributed by atoms with van der Waals surface area (Å²) in [5.74, 6) is -0.256. The molecule has 5 nitrogen and oxygen atoms in total. The number of thiophene rings is 1. The van der Waals surface area contributed by atoms with Crippen LogP contribution >= 0.6 is 34.5 Å².